The molecule has 4 heterocycles. The quantitative estimate of drug-likeness (QED) is 0.116. The van der Waals surface area contributed by atoms with Crippen LogP contribution in [0.4, 0.5) is 18.4 Å². The molecule has 3 atom stereocenters. The van der Waals surface area contributed by atoms with Crippen molar-refractivity contribution in [3.05, 3.63) is 156 Å². The minimum Gasteiger partial charge on any atom is -0.496 e. The summed E-state index contributed by atoms with van der Waals surface area (Å²) in [6.45, 7) is 13.2. The molecule has 2 aliphatic rings. The number of amides is 2. The number of imide groups is 1. The molecule has 2 amide bonds. The van der Waals surface area contributed by atoms with Gasteiger partial charge in [-0.25, -0.2) is 38.3 Å². The molecule has 1 unspecified atom stereocenters. The first-order valence-electron chi connectivity index (χ1n) is 23.5. The van der Waals surface area contributed by atoms with Crippen LogP contribution < -0.4 is 10.5 Å². The highest BCUT2D eigenvalue weighted by molar-refractivity contribution is 8.14. The number of carbonyl (C=O) groups is 5. The average molecular weight is 1180 g/mol. The van der Waals surface area contributed by atoms with Gasteiger partial charge in [0.15, 0.2) is 27.7 Å². The molecule has 7 rings (SSSR count). The first kappa shape index (κ1) is 60.6. The maximum atomic E-state index is 16.0. The van der Waals surface area contributed by atoms with Crippen molar-refractivity contribution < 1.29 is 51.7 Å². The maximum absolute atomic E-state index is 16.0. The van der Waals surface area contributed by atoms with Crippen molar-refractivity contribution in [3.63, 3.8) is 0 Å². The van der Waals surface area contributed by atoms with Gasteiger partial charge in [0.25, 0.3) is 0 Å². The number of pyridine rings is 2. The van der Waals surface area contributed by atoms with Crippen molar-refractivity contribution in [1.29, 1.82) is 0 Å². The Balaban J connectivity index is 0.000000298. The zero-order valence-electron chi connectivity index (χ0n) is 43.3. The summed E-state index contributed by atoms with van der Waals surface area (Å²) in [7, 11) is 1.55. The van der Waals surface area contributed by atoms with Gasteiger partial charge in [0.05, 0.1) is 45.7 Å². The predicted octanol–water partition coefficient (Wildman–Crippen LogP) is 12.8. The number of nitrogens with zero attached hydrogens (tertiary/aromatic N) is 5. The second-order valence-electron chi connectivity index (χ2n) is 19.8. The van der Waals surface area contributed by atoms with Crippen molar-refractivity contribution >= 4 is 110 Å². The largest absolute Gasteiger partial charge is 0.496 e. The van der Waals surface area contributed by atoms with Crippen LogP contribution in [0.1, 0.15) is 104 Å². The van der Waals surface area contributed by atoms with Gasteiger partial charge in [0.2, 0.25) is 0 Å². The Morgan fingerprint density at radius 2 is 1.25 bits per heavy atom. The molecule has 5 aromatic rings. The number of carbonyl (C=O) groups excluding carboxylic acids is 5. The molecule has 3 aromatic carbocycles. The van der Waals surface area contributed by atoms with Gasteiger partial charge < -0.3 is 24.7 Å². The molecule has 2 N–H and O–H groups in total. The lowest BCUT2D eigenvalue weighted by Gasteiger charge is -2.40. The number of hydrogen-bond acceptors (Lipinski definition) is 16. The molecule has 15 nitrogen and oxygen atoms in total. The number of hydrogen-bond donors (Lipinski definition) is 1. The fraction of sp³-hybridized carbons (Fsp3) is 0.352. The SMILES string of the molecule is COc1ccccc1COC1CSC(N(C(=O)OC(C)(C)C)C(=O)OC(C)(C)C)=N[C@]1(C)c1cc(CC(=O)c2ncc(Cl)cc2Cl)ccc1F.C[C@]1(c2cc(CC(=O)c3ncc(Cl)cc3Cl)ccc2F)N=C(N)SCC1=O. The minimum atomic E-state index is -1.54. The van der Waals surface area contributed by atoms with Crippen LogP contribution in [0, 0.1) is 11.6 Å². The van der Waals surface area contributed by atoms with E-state index in [1.807, 2.05) is 18.2 Å². The van der Waals surface area contributed by atoms with E-state index in [-0.39, 0.29) is 90.4 Å². The smallest absolute Gasteiger partial charge is 0.426 e. The van der Waals surface area contributed by atoms with Crippen molar-refractivity contribution in [1.82, 2.24) is 14.9 Å². The third-order valence-electron chi connectivity index (χ3n) is 11.5. The molecule has 0 saturated heterocycles. The second kappa shape index (κ2) is 25.0. The Labute approximate surface area is 473 Å². The highest BCUT2D eigenvalue weighted by Gasteiger charge is 2.47. The summed E-state index contributed by atoms with van der Waals surface area (Å²) in [4.78, 5) is 83.0. The number of ketones is 3. The molecule has 2 aliphatic heterocycles. The van der Waals surface area contributed by atoms with E-state index in [1.54, 1.807) is 61.6 Å². The molecule has 0 radical (unpaired) electrons. The summed E-state index contributed by atoms with van der Waals surface area (Å²) < 4.78 is 53.6. The van der Waals surface area contributed by atoms with E-state index >= 15 is 4.39 Å². The first-order chi connectivity index (χ1) is 36.0. The fourth-order valence-electron chi connectivity index (χ4n) is 7.74. The number of aliphatic imine (C=N–C) groups is 2. The lowest BCUT2D eigenvalue weighted by Crippen LogP contribution is -2.51. The molecular formula is C54H54Cl4F2N6O9S2. The average Bonchev–Trinajstić information content (AvgIpc) is 3.35. The molecule has 0 fully saturated rings. The van der Waals surface area contributed by atoms with Gasteiger partial charge in [0, 0.05) is 47.7 Å². The van der Waals surface area contributed by atoms with E-state index in [0.717, 1.165) is 34.0 Å². The molecule has 0 aliphatic carbocycles. The number of ether oxygens (including phenoxy) is 4. The number of Topliss-reactive ketones (excluding diaryl/α,β-unsaturated/α-hetero) is 3. The lowest BCUT2D eigenvalue weighted by molar-refractivity contribution is -0.121. The number of methoxy groups -OCH3 is 1. The van der Waals surface area contributed by atoms with E-state index in [1.165, 1.54) is 67.8 Å². The maximum Gasteiger partial charge on any atom is 0.426 e. The van der Waals surface area contributed by atoms with Crippen LogP contribution in [0.5, 0.6) is 5.75 Å². The van der Waals surface area contributed by atoms with Gasteiger partial charge in [-0.2, -0.15) is 4.90 Å². The lowest BCUT2D eigenvalue weighted by atomic mass is 9.85. The summed E-state index contributed by atoms with van der Waals surface area (Å²) in [5.74, 6) is -1.41. The third-order valence-corrected chi connectivity index (χ3v) is 14.3. The fourth-order valence-corrected chi connectivity index (χ4v) is 10.8. The van der Waals surface area contributed by atoms with Crippen molar-refractivity contribution in [3.8, 4) is 5.75 Å². The minimum absolute atomic E-state index is 0.0194. The monoisotopic (exact) mass is 1170 g/mol. The van der Waals surface area contributed by atoms with Gasteiger partial charge in [-0.1, -0.05) is 100 Å². The summed E-state index contributed by atoms with van der Waals surface area (Å²) in [5, 5.41) is 0.959. The molecule has 0 bridgehead atoms. The molecule has 0 spiro atoms. The topological polar surface area (TPSA) is 202 Å². The van der Waals surface area contributed by atoms with Crippen LogP contribution in [-0.2, 0) is 49.5 Å². The third kappa shape index (κ3) is 15.3. The van der Waals surface area contributed by atoms with E-state index in [9.17, 15) is 28.4 Å². The van der Waals surface area contributed by atoms with E-state index in [0.29, 0.717) is 21.9 Å². The van der Waals surface area contributed by atoms with Crippen LogP contribution >= 0.6 is 69.9 Å². The number of thioether (sulfide) groups is 2. The Morgan fingerprint density at radius 3 is 1.75 bits per heavy atom. The standard InChI is InChI=1S/C36H40Cl2FN3O7S.C18H14Cl2FN3O2S/c1-34(2,3)48-32(44)42(33(45)49-35(4,5)6)31-41-36(7,29(20-50-31)47-19-22-11-9-10-12-28(22)46-8)24-15-21(13-14-26(24)39)16-27(43)30-25(38)17-23(37)18-40-30;1-18(15(26)8-27-17(22)24-18)11-4-9(2-3-13(11)21)5-14(25)16-12(20)6-10(19)7-23-16/h9-15,17-18,29H,16,19-20H2,1-8H3;2-4,6-7H,5,8H2,1H3,(H2,22,24)/t29?,36-;18-/m11/s1. The number of halogens is 6. The zero-order valence-corrected chi connectivity index (χ0v) is 47.9. The number of benzene rings is 3. The molecule has 77 heavy (non-hydrogen) atoms. The van der Waals surface area contributed by atoms with Crippen LogP contribution in [0.25, 0.3) is 0 Å². The van der Waals surface area contributed by atoms with Gasteiger partial charge >= 0.3 is 12.2 Å². The normalized spacial score (nSPS) is 18.5. The summed E-state index contributed by atoms with van der Waals surface area (Å²) in [5.41, 5.74) is 2.78. The van der Waals surface area contributed by atoms with E-state index in [4.69, 9.17) is 76.1 Å². The van der Waals surface area contributed by atoms with Gasteiger partial charge in [-0.3, -0.25) is 14.4 Å². The number of para-hydroxylation sites is 1. The van der Waals surface area contributed by atoms with Crippen molar-refractivity contribution in [2.75, 3.05) is 18.6 Å². The van der Waals surface area contributed by atoms with Crippen LogP contribution in [0.15, 0.2) is 95.2 Å². The molecule has 23 heteroatoms. The Kier molecular flexibility index (Phi) is 19.6. The van der Waals surface area contributed by atoms with Crippen LogP contribution in [0.2, 0.25) is 20.1 Å². The highest BCUT2D eigenvalue weighted by Crippen LogP contribution is 2.42. The van der Waals surface area contributed by atoms with Gasteiger partial charge in [-0.05, 0) is 109 Å². The second-order valence-corrected chi connectivity index (χ2v) is 23.5. The summed E-state index contributed by atoms with van der Waals surface area (Å²) in [6, 6.07) is 18.5. The Hall–Kier alpha value is -5.67. The molecular weight excluding hydrogens is 1120 g/mol. The predicted molar refractivity (Wildman–Crippen MR) is 297 cm³/mol. The molecule has 408 valence electrons. The first-order valence-corrected chi connectivity index (χ1v) is 27.0. The van der Waals surface area contributed by atoms with Crippen molar-refractivity contribution in [2.45, 2.75) is 103 Å². The molecule has 2 aromatic heterocycles. The Bertz CT molecular complexity index is 3150. The highest BCUT2D eigenvalue weighted by atomic mass is 35.5. The number of aromatic nitrogens is 2. The van der Waals surface area contributed by atoms with Gasteiger partial charge in [0.1, 0.15) is 51.1 Å². The van der Waals surface area contributed by atoms with Gasteiger partial charge in [-0.15, -0.1) is 0 Å². The van der Waals surface area contributed by atoms with Crippen LogP contribution in [-0.4, -0.2) is 90.7 Å². The van der Waals surface area contributed by atoms with E-state index in [2.05, 4.69) is 15.0 Å². The number of nitrogens with two attached hydrogens (primary N) is 1. The number of rotatable bonds is 12. The van der Waals surface area contributed by atoms with Crippen LogP contribution in [0.3, 0.4) is 0 Å². The van der Waals surface area contributed by atoms with Crippen molar-refractivity contribution in [2.24, 2.45) is 15.7 Å². The molecule has 0 saturated carbocycles. The van der Waals surface area contributed by atoms with E-state index < -0.39 is 58.0 Å². The zero-order chi connectivity index (χ0) is 56.8. The summed E-state index contributed by atoms with van der Waals surface area (Å²) in [6.07, 6.45) is -0.418. The summed E-state index contributed by atoms with van der Waals surface area (Å²) >= 11 is 26.2. The number of amidine groups is 2. The Morgan fingerprint density at radius 1 is 0.740 bits per heavy atom.